The Morgan fingerprint density at radius 2 is 1.83 bits per heavy atom. The van der Waals surface area contributed by atoms with Crippen LogP contribution in [-0.4, -0.2) is 25.5 Å². The fraction of sp³-hybridized carbons (Fsp3) is 0.176. The Morgan fingerprint density at radius 1 is 1.08 bits per heavy atom. The molecule has 0 aromatic heterocycles. The summed E-state index contributed by atoms with van der Waals surface area (Å²) in [6.07, 6.45) is 0. The summed E-state index contributed by atoms with van der Waals surface area (Å²) in [7, 11) is 1.53. The van der Waals surface area contributed by atoms with Gasteiger partial charge < -0.3 is 9.47 Å². The molecule has 0 saturated heterocycles. The summed E-state index contributed by atoms with van der Waals surface area (Å²) >= 11 is 5.92. The number of hydrazine groups is 1. The predicted molar refractivity (Wildman–Crippen MR) is 90.3 cm³/mol. The third-order valence-electron chi connectivity index (χ3n) is 3.18. The van der Waals surface area contributed by atoms with Crippen LogP contribution in [0.1, 0.15) is 15.9 Å². The Hall–Kier alpha value is -2.73. The monoisotopic (exact) mass is 348 g/mol. The third-order valence-corrected chi connectivity index (χ3v) is 3.49. The molecule has 2 aromatic carbocycles. The van der Waals surface area contributed by atoms with E-state index in [1.54, 1.807) is 42.5 Å². The van der Waals surface area contributed by atoms with Crippen LogP contribution in [0.3, 0.4) is 0 Å². The molecule has 24 heavy (non-hydrogen) atoms. The topological polar surface area (TPSA) is 76.7 Å². The number of amides is 2. The van der Waals surface area contributed by atoms with Crippen molar-refractivity contribution in [3.8, 4) is 11.5 Å². The van der Waals surface area contributed by atoms with E-state index in [1.165, 1.54) is 7.11 Å². The second kappa shape index (κ2) is 8.21. The first-order valence-electron chi connectivity index (χ1n) is 7.12. The van der Waals surface area contributed by atoms with E-state index >= 15 is 0 Å². The predicted octanol–water partition coefficient (Wildman–Crippen LogP) is 2.50. The maximum absolute atomic E-state index is 12.0. The summed E-state index contributed by atoms with van der Waals surface area (Å²) in [5.41, 5.74) is 5.86. The summed E-state index contributed by atoms with van der Waals surface area (Å²) in [4.78, 5) is 23.7. The minimum absolute atomic E-state index is 0.277. The number of benzene rings is 2. The van der Waals surface area contributed by atoms with Gasteiger partial charge in [0.1, 0.15) is 11.5 Å². The lowest BCUT2D eigenvalue weighted by Gasteiger charge is -2.11. The Kier molecular flexibility index (Phi) is 6.03. The van der Waals surface area contributed by atoms with Gasteiger partial charge in [-0.1, -0.05) is 29.8 Å². The van der Waals surface area contributed by atoms with Crippen LogP contribution in [0.2, 0.25) is 5.02 Å². The molecule has 0 aliphatic rings. The van der Waals surface area contributed by atoms with Crippen LogP contribution in [0.4, 0.5) is 0 Å². The molecule has 126 valence electrons. The van der Waals surface area contributed by atoms with Crippen molar-refractivity contribution in [2.24, 2.45) is 0 Å². The fourth-order valence-electron chi connectivity index (χ4n) is 1.90. The van der Waals surface area contributed by atoms with Crippen molar-refractivity contribution in [3.63, 3.8) is 0 Å². The molecular formula is C17H17ClN2O4. The molecule has 0 radical (unpaired) electrons. The van der Waals surface area contributed by atoms with E-state index < -0.39 is 11.8 Å². The Labute approximate surface area is 144 Å². The summed E-state index contributed by atoms with van der Waals surface area (Å²) in [6, 6.07) is 11.8. The first-order chi connectivity index (χ1) is 11.5. The fourth-order valence-corrected chi connectivity index (χ4v) is 2.09. The number of carbonyl (C=O) groups excluding carboxylic acids is 2. The van der Waals surface area contributed by atoms with E-state index in [2.05, 4.69) is 10.9 Å². The highest BCUT2D eigenvalue weighted by Gasteiger charge is 2.10. The molecule has 0 heterocycles. The van der Waals surface area contributed by atoms with Crippen molar-refractivity contribution in [1.29, 1.82) is 0 Å². The molecule has 0 unspecified atom stereocenters. The van der Waals surface area contributed by atoms with Gasteiger partial charge in [0.2, 0.25) is 0 Å². The number of methoxy groups -OCH3 is 1. The quantitative estimate of drug-likeness (QED) is 0.814. The van der Waals surface area contributed by atoms with Crippen LogP contribution in [0, 0.1) is 6.92 Å². The van der Waals surface area contributed by atoms with Crippen molar-refractivity contribution in [1.82, 2.24) is 10.9 Å². The number of rotatable bonds is 5. The van der Waals surface area contributed by atoms with Gasteiger partial charge in [0.25, 0.3) is 11.8 Å². The van der Waals surface area contributed by atoms with Crippen LogP contribution >= 0.6 is 11.6 Å². The molecule has 2 rings (SSSR count). The number of hydrogen-bond donors (Lipinski definition) is 2. The van der Waals surface area contributed by atoms with Gasteiger partial charge in [0, 0.05) is 5.56 Å². The van der Waals surface area contributed by atoms with Crippen LogP contribution in [0.5, 0.6) is 11.5 Å². The van der Waals surface area contributed by atoms with Crippen molar-refractivity contribution in [3.05, 3.63) is 58.6 Å². The highest BCUT2D eigenvalue weighted by Crippen LogP contribution is 2.22. The second-order valence-corrected chi connectivity index (χ2v) is 5.31. The average molecular weight is 349 g/mol. The van der Waals surface area contributed by atoms with E-state index in [4.69, 9.17) is 21.1 Å². The smallest absolute Gasteiger partial charge is 0.276 e. The first kappa shape index (κ1) is 17.6. The van der Waals surface area contributed by atoms with Crippen LogP contribution in [-0.2, 0) is 4.79 Å². The molecule has 0 spiro atoms. The van der Waals surface area contributed by atoms with Gasteiger partial charge in [-0.2, -0.15) is 0 Å². The minimum Gasteiger partial charge on any atom is -0.496 e. The lowest BCUT2D eigenvalue weighted by Crippen LogP contribution is -2.43. The molecule has 7 heteroatoms. The van der Waals surface area contributed by atoms with Gasteiger partial charge in [0.05, 0.1) is 12.1 Å². The van der Waals surface area contributed by atoms with Crippen LogP contribution in [0.25, 0.3) is 0 Å². The number of carbonyl (C=O) groups is 2. The largest absolute Gasteiger partial charge is 0.496 e. The molecule has 0 aliphatic heterocycles. The van der Waals surface area contributed by atoms with Gasteiger partial charge in [0.15, 0.2) is 6.61 Å². The lowest BCUT2D eigenvalue weighted by atomic mass is 10.1. The molecular weight excluding hydrogens is 332 g/mol. The van der Waals surface area contributed by atoms with Gasteiger partial charge in [-0.25, -0.2) is 0 Å². The number of aryl methyl sites for hydroxylation is 1. The van der Waals surface area contributed by atoms with Crippen LogP contribution < -0.4 is 20.3 Å². The summed E-state index contributed by atoms with van der Waals surface area (Å²) < 4.78 is 10.4. The maximum Gasteiger partial charge on any atom is 0.276 e. The maximum atomic E-state index is 12.0. The van der Waals surface area contributed by atoms with Gasteiger partial charge in [-0.3, -0.25) is 20.4 Å². The molecule has 2 aromatic rings. The third kappa shape index (κ3) is 4.63. The standard InChI is InChI=1S/C17H17ClN2O4/c1-11-7-8-12(9-15(11)23-2)17(22)20-19-16(21)10-24-14-6-4-3-5-13(14)18/h3-9H,10H2,1-2H3,(H,19,21)(H,20,22). The Balaban J connectivity index is 1.85. The number of hydrogen-bond acceptors (Lipinski definition) is 4. The van der Waals surface area contributed by atoms with E-state index in [0.29, 0.717) is 22.1 Å². The second-order valence-electron chi connectivity index (χ2n) is 4.91. The molecule has 0 fully saturated rings. The Morgan fingerprint density at radius 3 is 2.54 bits per heavy atom. The first-order valence-corrected chi connectivity index (χ1v) is 7.50. The highest BCUT2D eigenvalue weighted by molar-refractivity contribution is 6.32. The van der Waals surface area contributed by atoms with Crippen molar-refractivity contribution in [2.45, 2.75) is 6.92 Å². The minimum atomic E-state index is -0.512. The van der Waals surface area contributed by atoms with Crippen molar-refractivity contribution >= 4 is 23.4 Å². The van der Waals surface area contributed by atoms with E-state index in [0.717, 1.165) is 5.56 Å². The zero-order chi connectivity index (χ0) is 17.5. The molecule has 2 N–H and O–H groups in total. The lowest BCUT2D eigenvalue weighted by molar-refractivity contribution is -0.123. The summed E-state index contributed by atoms with van der Waals surface area (Å²) in [6.45, 7) is 1.59. The van der Waals surface area contributed by atoms with E-state index in [1.807, 2.05) is 6.92 Å². The highest BCUT2D eigenvalue weighted by atomic mass is 35.5. The molecule has 0 saturated carbocycles. The molecule has 2 amide bonds. The number of nitrogens with one attached hydrogen (secondary N) is 2. The molecule has 0 bridgehead atoms. The number of para-hydroxylation sites is 1. The Bertz CT molecular complexity index is 749. The van der Waals surface area contributed by atoms with Crippen LogP contribution in [0.15, 0.2) is 42.5 Å². The number of ether oxygens (including phenoxy) is 2. The molecule has 0 aliphatic carbocycles. The summed E-state index contributed by atoms with van der Waals surface area (Å²) in [5.74, 6) is 0.0154. The zero-order valence-corrected chi connectivity index (χ0v) is 14.0. The van der Waals surface area contributed by atoms with Gasteiger partial charge in [-0.05, 0) is 36.8 Å². The van der Waals surface area contributed by atoms with Gasteiger partial charge >= 0.3 is 0 Å². The SMILES string of the molecule is COc1cc(C(=O)NNC(=O)COc2ccccc2Cl)ccc1C. The van der Waals surface area contributed by atoms with E-state index in [9.17, 15) is 9.59 Å². The van der Waals surface area contributed by atoms with Crippen molar-refractivity contribution in [2.75, 3.05) is 13.7 Å². The summed E-state index contributed by atoms with van der Waals surface area (Å²) in [5, 5.41) is 0.404. The van der Waals surface area contributed by atoms with Gasteiger partial charge in [-0.15, -0.1) is 0 Å². The normalized spacial score (nSPS) is 9.96. The molecule has 6 nitrogen and oxygen atoms in total. The zero-order valence-electron chi connectivity index (χ0n) is 13.3. The number of halogens is 1. The van der Waals surface area contributed by atoms with Crippen molar-refractivity contribution < 1.29 is 19.1 Å². The van der Waals surface area contributed by atoms with E-state index in [-0.39, 0.29) is 6.61 Å². The molecule has 0 atom stereocenters. The average Bonchev–Trinajstić information content (AvgIpc) is 2.59.